The number of methoxy groups -OCH3 is 1. The molecule has 0 aromatic heterocycles. The lowest BCUT2D eigenvalue weighted by Gasteiger charge is -2.20. The van der Waals surface area contributed by atoms with E-state index >= 15 is 0 Å². The Labute approximate surface area is 181 Å². The summed E-state index contributed by atoms with van der Waals surface area (Å²) in [5.74, 6) is 0.116. The van der Waals surface area contributed by atoms with Gasteiger partial charge in [0.1, 0.15) is 0 Å². The molecule has 0 radical (unpaired) electrons. The van der Waals surface area contributed by atoms with Crippen molar-refractivity contribution in [2.75, 3.05) is 32.6 Å². The molecule has 1 heterocycles. The quantitative estimate of drug-likeness (QED) is 0.537. The van der Waals surface area contributed by atoms with Gasteiger partial charge in [-0.1, -0.05) is 36.4 Å². The number of likely N-dealkylation sites (tertiary alicyclic amines) is 1. The van der Waals surface area contributed by atoms with Crippen molar-refractivity contribution in [1.29, 1.82) is 0 Å². The van der Waals surface area contributed by atoms with Crippen LogP contribution in [0.5, 0.6) is 0 Å². The number of rotatable bonds is 9. The molecule has 29 heavy (non-hydrogen) atoms. The topological polar surface area (TPSA) is 46.6 Å². The Kier molecular flexibility index (Phi) is 9.15. The first-order valence-electron chi connectivity index (χ1n) is 10.1. The molecule has 2 aromatic carbocycles. The van der Waals surface area contributed by atoms with Crippen LogP contribution in [0, 0.1) is 0 Å². The largest absolute Gasteiger partial charge is 0.385 e. The number of hydrogen-bond acceptors (Lipinski definition) is 4. The van der Waals surface area contributed by atoms with Crippen LogP contribution in [0.15, 0.2) is 53.4 Å². The van der Waals surface area contributed by atoms with E-state index in [1.165, 1.54) is 24.9 Å². The van der Waals surface area contributed by atoms with Gasteiger partial charge in [0, 0.05) is 26.3 Å². The summed E-state index contributed by atoms with van der Waals surface area (Å²) >= 11 is 0. The lowest BCUT2D eigenvalue weighted by Crippen LogP contribution is -2.28. The summed E-state index contributed by atoms with van der Waals surface area (Å²) in [4.78, 5) is 2.95. The second-order valence-corrected chi connectivity index (χ2v) is 9.77. The van der Waals surface area contributed by atoms with Gasteiger partial charge in [-0.15, -0.1) is 12.4 Å². The summed E-state index contributed by atoms with van der Waals surface area (Å²) in [6.45, 7) is 5.12. The maximum Gasteiger partial charge on any atom is 0.178 e. The van der Waals surface area contributed by atoms with Crippen molar-refractivity contribution in [3.05, 3.63) is 54.1 Å². The summed E-state index contributed by atoms with van der Waals surface area (Å²) < 4.78 is 29.6. The number of ether oxygens (including phenoxy) is 1. The molecule has 0 bridgehead atoms. The third-order valence-corrected chi connectivity index (χ3v) is 7.46. The summed E-state index contributed by atoms with van der Waals surface area (Å²) in [5.41, 5.74) is 3.50. The van der Waals surface area contributed by atoms with Crippen LogP contribution < -0.4 is 0 Å². The van der Waals surface area contributed by atoms with E-state index in [2.05, 4.69) is 36.1 Å². The van der Waals surface area contributed by atoms with Gasteiger partial charge in [-0.3, -0.25) is 0 Å². The standard InChI is InChI=1S/C23H31NO3S.ClH/c1-19-5-3-15-24(19)16-14-20-6-8-21(9-7-20)22-10-12-23(13-11-22)28(25,26)18-4-17-27-2;/h6-13,19H,3-5,14-18H2,1-2H3;1H. The summed E-state index contributed by atoms with van der Waals surface area (Å²) in [6, 6.07) is 16.5. The highest BCUT2D eigenvalue weighted by Crippen LogP contribution is 2.23. The lowest BCUT2D eigenvalue weighted by atomic mass is 10.0. The summed E-state index contributed by atoms with van der Waals surface area (Å²) in [7, 11) is -1.66. The van der Waals surface area contributed by atoms with Gasteiger partial charge in [0.25, 0.3) is 0 Å². The Balaban J connectivity index is 0.00000300. The molecule has 3 rings (SSSR count). The van der Waals surface area contributed by atoms with Crippen LogP contribution in [0.3, 0.4) is 0 Å². The number of benzene rings is 2. The van der Waals surface area contributed by atoms with Crippen molar-refractivity contribution >= 4 is 22.2 Å². The molecular weight excluding hydrogens is 406 g/mol. The molecule has 1 saturated heterocycles. The molecule has 0 saturated carbocycles. The Morgan fingerprint density at radius 3 is 2.21 bits per heavy atom. The Bertz CT molecular complexity index is 851. The monoisotopic (exact) mass is 437 g/mol. The smallest absolute Gasteiger partial charge is 0.178 e. The molecule has 2 aromatic rings. The van der Waals surface area contributed by atoms with E-state index < -0.39 is 9.84 Å². The van der Waals surface area contributed by atoms with Gasteiger partial charge in [-0.05, 0) is 68.0 Å². The van der Waals surface area contributed by atoms with Crippen molar-refractivity contribution in [2.45, 2.75) is 43.5 Å². The molecule has 0 spiro atoms. The van der Waals surface area contributed by atoms with Crippen LogP contribution >= 0.6 is 12.4 Å². The minimum Gasteiger partial charge on any atom is -0.385 e. The van der Waals surface area contributed by atoms with Crippen LogP contribution in [0.25, 0.3) is 11.1 Å². The molecule has 0 aliphatic carbocycles. The highest BCUT2D eigenvalue weighted by Gasteiger charge is 2.19. The van der Waals surface area contributed by atoms with Crippen LogP contribution in [0.2, 0.25) is 0 Å². The fraction of sp³-hybridized carbons (Fsp3) is 0.478. The van der Waals surface area contributed by atoms with Gasteiger partial charge < -0.3 is 9.64 Å². The zero-order valence-electron chi connectivity index (χ0n) is 17.3. The van der Waals surface area contributed by atoms with Crippen molar-refractivity contribution in [3.63, 3.8) is 0 Å². The van der Waals surface area contributed by atoms with Crippen LogP contribution in [-0.2, 0) is 21.0 Å². The molecule has 1 atom stereocenters. The van der Waals surface area contributed by atoms with E-state index in [4.69, 9.17) is 4.74 Å². The Hall–Kier alpha value is -1.40. The lowest BCUT2D eigenvalue weighted by molar-refractivity contribution is 0.199. The van der Waals surface area contributed by atoms with E-state index in [-0.39, 0.29) is 18.2 Å². The second-order valence-electron chi connectivity index (χ2n) is 7.66. The maximum absolute atomic E-state index is 12.3. The number of hydrogen-bond donors (Lipinski definition) is 0. The molecular formula is C23H32ClNO3S. The molecule has 1 aliphatic heterocycles. The van der Waals surface area contributed by atoms with Crippen molar-refractivity contribution < 1.29 is 13.2 Å². The number of nitrogens with zero attached hydrogens (tertiary/aromatic N) is 1. The zero-order chi connectivity index (χ0) is 20.0. The third-order valence-electron chi connectivity index (χ3n) is 5.64. The van der Waals surface area contributed by atoms with Gasteiger partial charge >= 0.3 is 0 Å². The first kappa shape index (κ1) is 23.9. The average Bonchev–Trinajstić information content (AvgIpc) is 3.12. The third kappa shape index (κ3) is 6.54. The van der Waals surface area contributed by atoms with Gasteiger partial charge in [0.15, 0.2) is 9.84 Å². The summed E-state index contributed by atoms with van der Waals surface area (Å²) in [6.07, 6.45) is 4.22. The highest BCUT2D eigenvalue weighted by atomic mass is 35.5. The fourth-order valence-electron chi connectivity index (χ4n) is 3.83. The fourth-order valence-corrected chi connectivity index (χ4v) is 5.11. The average molecular weight is 438 g/mol. The minimum absolute atomic E-state index is 0. The van der Waals surface area contributed by atoms with Gasteiger partial charge in [0.2, 0.25) is 0 Å². The highest BCUT2D eigenvalue weighted by molar-refractivity contribution is 7.91. The first-order valence-corrected chi connectivity index (χ1v) is 11.8. The molecule has 0 N–H and O–H groups in total. The van der Waals surface area contributed by atoms with Gasteiger partial charge in [-0.2, -0.15) is 0 Å². The second kappa shape index (κ2) is 11.1. The minimum atomic E-state index is -3.24. The van der Waals surface area contributed by atoms with E-state index in [0.717, 1.165) is 24.1 Å². The van der Waals surface area contributed by atoms with Crippen LogP contribution in [0.1, 0.15) is 31.7 Å². The van der Waals surface area contributed by atoms with Gasteiger partial charge in [-0.25, -0.2) is 8.42 Å². The first-order chi connectivity index (χ1) is 13.5. The Morgan fingerprint density at radius 1 is 1.03 bits per heavy atom. The van der Waals surface area contributed by atoms with Crippen molar-refractivity contribution in [2.24, 2.45) is 0 Å². The number of sulfone groups is 1. The van der Waals surface area contributed by atoms with E-state index in [0.29, 0.717) is 24.0 Å². The predicted molar refractivity (Wildman–Crippen MR) is 122 cm³/mol. The zero-order valence-corrected chi connectivity index (χ0v) is 19.0. The van der Waals surface area contributed by atoms with Crippen LogP contribution in [-0.4, -0.2) is 51.9 Å². The van der Waals surface area contributed by atoms with Crippen molar-refractivity contribution in [3.8, 4) is 11.1 Å². The molecule has 6 heteroatoms. The van der Waals surface area contributed by atoms with E-state index in [9.17, 15) is 8.42 Å². The SMILES string of the molecule is COCCCS(=O)(=O)c1ccc(-c2ccc(CCN3CCCC3C)cc2)cc1.Cl. The molecule has 4 nitrogen and oxygen atoms in total. The normalized spacial score (nSPS) is 17.2. The van der Waals surface area contributed by atoms with E-state index in [1.807, 2.05) is 12.1 Å². The maximum atomic E-state index is 12.3. The summed E-state index contributed by atoms with van der Waals surface area (Å²) in [5, 5.41) is 0. The molecule has 1 unspecified atom stereocenters. The van der Waals surface area contributed by atoms with Gasteiger partial charge in [0.05, 0.1) is 10.6 Å². The predicted octanol–water partition coefficient (Wildman–Crippen LogP) is 4.61. The Morgan fingerprint density at radius 2 is 1.66 bits per heavy atom. The molecule has 1 aliphatic rings. The van der Waals surface area contributed by atoms with E-state index in [1.54, 1.807) is 19.2 Å². The molecule has 160 valence electrons. The van der Waals surface area contributed by atoms with Crippen molar-refractivity contribution in [1.82, 2.24) is 4.90 Å². The number of halogens is 1. The molecule has 1 fully saturated rings. The van der Waals surface area contributed by atoms with Crippen LogP contribution in [0.4, 0.5) is 0 Å². The molecule has 0 amide bonds.